The molecule has 0 saturated heterocycles. The first kappa shape index (κ1) is 19.0. The molecule has 28 heavy (non-hydrogen) atoms. The number of nitrogens with one attached hydrogen (secondary N) is 1. The first-order valence-electron chi connectivity index (χ1n) is 9.68. The smallest absolute Gasteiger partial charge is 0.255 e. The molecule has 1 aliphatic heterocycles. The molecule has 3 heterocycles. The Labute approximate surface area is 169 Å². The summed E-state index contributed by atoms with van der Waals surface area (Å²) in [5.74, 6) is 0.774. The molecule has 0 spiro atoms. The Morgan fingerprint density at radius 3 is 2.64 bits per heavy atom. The van der Waals surface area contributed by atoms with Crippen molar-refractivity contribution in [3.05, 3.63) is 68.3 Å². The molecular weight excluding hydrogens is 368 g/mol. The van der Waals surface area contributed by atoms with Crippen molar-refractivity contribution in [1.29, 1.82) is 0 Å². The second-order valence-electron chi connectivity index (χ2n) is 8.44. The number of hydrogen-bond donors (Lipinski definition) is 1. The van der Waals surface area contributed by atoms with E-state index in [1.807, 2.05) is 18.2 Å². The fraction of sp³-hybridized carbons (Fsp3) is 0.409. The zero-order chi connectivity index (χ0) is 19.9. The fourth-order valence-electron chi connectivity index (χ4n) is 3.45. The van der Waals surface area contributed by atoms with E-state index in [1.54, 1.807) is 11.3 Å². The minimum atomic E-state index is -0.154. The van der Waals surface area contributed by atoms with Gasteiger partial charge in [-0.3, -0.25) is 9.69 Å². The van der Waals surface area contributed by atoms with Crippen LogP contribution >= 0.6 is 11.3 Å². The predicted octanol–water partition coefficient (Wildman–Crippen LogP) is 4.06. The Morgan fingerprint density at radius 1 is 1.18 bits per heavy atom. The summed E-state index contributed by atoms with van der Waals surface area (Å²) in [7, 11) is 0. The molecule has 3 aromatic rings. The van der Waals surface area contributed by atoms with Gasteiger partial charge in [-0.05, 0) is 6.92 Å². The highest BCUT2D eigenvalue weighted by molar-refractivity contribution is 7.15. The van der Waals surface area contributed by atoms with Gasteiger partial charge in [-0.2, -0.15) is 0 Å². The Morgan fingerprint density at radius 2 is 1.93 bits per heavy atom. The Hall–Kier alpha value is -2.31. The second kappa shape index (κ2) is 7.26. The Kier molecular flexibility index (Phi) is 4.93. The van der Waals surface area contributed by atoms with Crippen molar-refractivity contribution in [3.8, 4) is 10.6 Å². The van der Waals surface area contributed by atoms with Gasteiger partial charge in [0.25, 0.3) is 5.56 Å². The molecular formula is C22H26N4OS. The zero-order valence-electron chi connectivity index (χ0n) is 16.9. The van der Waals surface area contributed by atoms with Crippen molar-refractivity contribution < 1.29 is 0 Å². The van der Waals surface area contributed by atoms with E-state index < -0.39 is 0 Å². The van der Waals surface area contributed by atoms with Crippen molar-refractivity contribution >= 4 is 11.3 Å². The van der Waals surface area contributed by atoms with Crippen LogP contribution in [0.2, 0.25) is 0 Å². The summed E-state index contributed by atoms with van der Waals surface area (Å²) in [6, 6.07) is 10.3. The van der Waals surface area contributed by atoms with Crippen LogP contribution in [-0.2, 0) is 24.9 Å². The van der Waals surface area contributed by atoms with E-state index in [1.165, 1.54) is 4.88 Å². The number of fused-ring (bicyclic) bond motifs is 1. The minimum Gasteiger partial charge on any atom is -0.310 e. The number of nitrogens with zero attached hydrogens (tertiary/aromatic N) is 3. The third-order valence-electron chi connectivity index (χ3n) is 5.14. The van der Waals surface area contributed by atoms with Gasteiger partial charge in [0.05, 0.1) is 17.0 Å². The van der Waals surface area contributed by atoms with Crippen molar-refractivity contribution in [2.45, 2.75) is 52.6 Å². The molecule has 1 aromatic carbocycles. The molecule has 0 saturated carbocycles. The lowest BCUT2D eigenvalue weighted by molar-refractivity contribution is 0.242. The van der Waals surface area contributed by atoms with Crippen molar-refractivity contribution in [2.75, 3.05) is 6.54 Å². The van der Waals surface area contributed by atoms with Gasteiger partial charge in [0.2, 0.25) is 0 Å². The van der Waals surface area contributed by atoms with Gasteiger partial charge in [0, 0.05) is 41.9 Å². The third kappa shape index (κ3) is 3.80. The molecule has 0 radical (unpaired) electrons. The SMILES string of the molecule is Cc1nc(-c2ccccc2)sc1CN1CCc2nc(C(C)(C)C)[nH]c(=O)c2C1. The fourth-order valence-corrected chi connectivity index (χ4v) is 4.56. The number of thiazole rings is 1. The lowest BCUT2D eigenvalue weighted by Crippen LogP contribution is -2.37. The molecule has 0 atom stereocenters. The van der Waals surface area contributed by atoms with Crippen LogP contribution in [0.4, 0.5) is 0 Å². The molecule has 1 N–H and O–H groups in total. The summed E-state index contributed by atoms with van der Waals surface area (Å²) in [6.07, 6.45) is 0.811. The molecule has 0 bridgehead atoms. The van der Waals surface area contributed by atoms with Crippen LogP contribution in [0.1, 0.15) is 48.4 Å². The zero-order valence-corrected chi connectivity index (χ0v) is 17.7. The van der Waals surface area contributed by atoms with E-state index in [0.717, 1.165) is 52.9 Å². The largest absolute Gasteiger partial charge is 0.310 e. The van der Waals surface area contributed by atoms with Crippen LogP contribution < -0.4 is 5.56 Å². The van der Waals surface area contributed by atoms with Crippen LogP contribution in [0.3, 0.4) is 0 Å². The maximum absolute atomic E-state index is 12.7. The van der Waals surface area contributed by atoms with Gasteiger partial charge < -0.3 is 4.98 Å². The first-order valence-corrected chi connectivity index (χ1v) is 10.5. The number of aryl methyl sites for hydroxylation is 1. The number of H-pyrrole nitrogens is 1. The predicted molar refractivity (Wildman–Crippen MR) is 114 cm³/mol. The number of benzene rings is 1. The summed E-state index contributed by atoms with van der Waals surface area (Å²) in [5.41, 5.74) is 3.84. The summed E-state index contributed by atoms with van der Waals surface area (Å²) < 4.78 is 0. The summed E-state index contributed by atoms with van der Waals surface area (Å²) >= 11 is 1.74. The Bertz CT molecular complexity index is 1050. The quantitative estimate of drug-likeness (QED) is 0.728. The number of aromatic amines is 1. The highest BCUT2D eigenvalue weighted by Gasteiger charge is 2.25. The van der Waals surface area contributed by atoms with Gasteiger partial charge in [-0.25, -0.2) is 9.97 Å². The van der Waals surface area contributed by atoms with E-state index >= 15 is 0 Å². The van der Waals surface area contributed by atoms with E-state index in [-0.39, 0.29) is 11.0 Å². The monoisotopic (exact) mass is 394 g/mol. The molecule has 6 heteroatoms. The van der Waals surface area contributed by atoms with Crippen LogP contribution in [0.5, 0.6) is 0 Å². The number of rotatable bonds is 3. The van der Waals surface area contributed by atoms with Gasteiger partial charge >= 0.3 is 0 Å². The molecule has 2 aromatic heterocycles. The van der Waals surface area contributed by atoms with E-state index in [0.29, 0.717) is 6.54 Å². The van der Waals surface area contributed by atoms with Crippen LogP contribution in [0.25, 0.3) is 10.6 Å². The molecule has 0 unspecified atom stereocenters. The average molecular weight is 395 g/mol. The molecule has 0 aliphatic carbocycles. The van der Waals surface area contributed by atoms with Gasteiger partial charge in [-0.1, -0.05) is 51.1 Å². The molecule has 4 rings (SSSR count). The Balaban J connectivity index is 1.55. The standard InChI is InChI=1S/C22H26N4OS/c1-14-18(28-20(23-14)15-8-6-5-7-9-15)13-26-11-10-17-16(12-26)19(27)25-21(24-17)22(2,3)4/h5-9H,10-13H2,1-4H3,(H,24,25,27). The summed E-state index contributed by atoms with van der Waals surface area (Å²) in [5, 5.41) is 1.06. The maximum atomic E-state index is 12.7. The highest BCUT2D eigenvalue weighted by atomic mass is 32.1. The van der Waals surface area contributed by atoms with Gasteiger partial charge in [0.15, 0.2) is 0 Å². The lowest BCUT2D eigenvalue weighted by atomic mass is 9.95. The van der Waals surface area contributed by atoms with Gasteiger partial charge in [-0.15, -0.1) is 11.3 Å². The number of hydrogen-bond acceptors (Lipinski definition) is 5. The van der Waals surface area contributed by atoms with Crippen LogP contribution in [0.15, 0.2) is 35.1 Å². The average Bonchev–Trinajstić information content (AvgIpc) is 3.02. The summed E-state index contributed by atoms with van der Waals surface area (Å²) in [6.45, 7) is 10.7. The first-order chi connectivity index (χ1) is 13.3. The van der Waals surface area contributed by atoms with Gasteiger partial charge in [0.1, 0.15) is 10.8 Å². The van der Waals surface area contributed by atoms with E-state index in [4.69, 9.17) is 9.97 Å². The normalized spacial score (nSPS) is 14.9. The van der Waals surface area contributed by atoms with Crippen molar-refractivity contribution in [1.82, 2.24) is 19.9 Å². The van der Waals surface area contributed by atoms with E-state index in [2.05, 4.69) is 49.7 Å². The highest BCUT2D eigenvalue weighted by Crippen LogP contribution is 2.29. The molecule has 5 nitrogen and oxygen atoms in total. The lowest BCUT2D eigenvalue weighted by Gasteiger charge is -2.28. The molecule has 0 amide bonds. The molecule has 1 aliphatic rings. The second-order valence-corrected chi connectivity index (χ2v) is 9.53. The van der Waals surface area contributed by atoms with Crippen molar-refractivity contribution in [3.63, 3.8) is 0 Å². The summed E-state index contributed by atoms with van der Waals surface area (Å²) in [4.78, 5) is 28.7. The van der Waals surface area contributed by atoms with Crippen LogP contribution in [-0.4, -0.2) is 26.4 Å². The van der Waals surface area contributed by atoms with Crippen LogP contribution in [0, 0.1) is 6.92 Å². The molecule has 0 fully saturated rings. The van der Waals surface area contributed by atoms with Crippen molar-refractivity contribution in [2.24, 2.45) is 0 Å². The topological polar surface area (TPSA) is 61.9 Å². The minimum absolute atomic E-state index is 0.00521. The van der Waals surface area contributed by atoms with E-state index in [9.17, 15) is 4.79 Å². The number of aromatic nitrogens is 3. The maximum Gasteiger partial charge on any atom is 0.255 e. The third-order valence-corrected chi connectivity index (χ3v) is 6.33. The molecule has 146 valence electrons.